The van der Waals surface area contributed by atoms with E-state index in [1.165, 1.54) is 0 Å². The molecule has 66 valence electrons. The Bertz CT molecular complexity index is 352. The van der Waals surface area contributed by atoms with Crippen LogP contribution in [0.15, 0.2) is 43.0 Å². The maximum atomic E-state index is 9.90. The van der Waals surface area contributed by atoms with Crippen molar-refractivity contribution in [3.8, 4) is 0 Å². The molecule has 0 spiro atoms. The van der Waals surface area contributed by atoms with Gasteiger partial charge in [0, 0.05) is 5.92 Å². The second-order valence-electron chi connectivity index (χ2n) is 3.25. The maximum absolute atomic E-state index is 9.90. The summed E-state index contributed by atoms with van der Waals surface area (Å²) in [5.41, 5.74) is 2.10. The molecule has 0 aliphatic heterocycles. The molecule has 0 amide bonds. The van der Waals surface area contributed by atoms with Gasteiger partial charge in [0.1, 0.15) is 0 Å². The van der Waals surface area contributed by atoms with Crippen molar-refractivity contribution in [2.75, 3.05) is 0 Å². The Hall–Kier alpha value is -1.34. The summed E-state index contributed by atoms with van der Waals surface area (Å²) in [5, 5.41) is 9.90. The lowest BCUT2D eigenvalue weighted by Gasteiger charge is -2.22. The molecule has 1 N–H and O–H groups in total. The Balaban J connectivity index is 2.48. The Morgan fingerprint density at radius 2 is 2.08 bits per heavy atom. The van der Waals surface area contributed by atoms with E-state index in [4.69, 9.17) is 0 Å². The first-order valence-electron chi connectivity index (χ1n) is 4.40. The van der Waals surface area contributed by atoms with Gasteiger partial charge in [0.15, 0.2) is 0 Å². The van der Waals surface area contributed by atoms with Crippen molar-refractivity contribution in [3.63, 3.8) is 0 Å². The van der Waals surface area contributed by atoms with Crippen molar-refractivity contribution in [3.05, 3.63) is 54.1 Å². The zero-order chi connectivity index (χ0) is 9.26. The number of rotatable bonds is 1. The molecule has 13 heavy (non-hydrogen) atoms. The van der Waals surface area contributed by atoms with Crippen LogP contribution >= 0.6 is 0 Å². The summed E-state index contributed by atoms with van der Waals surface area (Å²) < 4.78 is 0. The van der Waals surface area contributed by atoms with E-state index in [0.717, 1.165) is 11.1 Å². The molecule has 1 nitrogen and oxygen atoms in total. The van der Waals surface area contributed by atoms with Crippen LogP contribution in [0.3, 0.4) is 0 Å². The number of fused-ring (bicyclic) bond motifs is 1. The highest BCUT2D eigenvalue weighted by Crippen LogP contribution is 2.32. The van der Waals surface area contributed by atoms with E-state index in [1.54, 1.807) is 6.08 Å². The van der Waals surface area contributed by atoms with Gasteiger partial charge in [-0.15, -0.1) is 6.58 Å². The molecule has 0 fully saturated rings. The fraction of sp³-hybridized carbons (Fsp3) is 0.167. The molecular formula is C12H12O. The summed E-state index contributed by atoms with van der Waals surface area (Å²) in [7, 11) is 0. The van der Waals surface area contributed by atoms with E-state index in [2.05, 4.69) is 6.58 Å². The van der Waals surface area contributed by atoms with Gasteiger partial charge in [0.2, 0.25) is 0 Å². The molecule has 0 bridgehead atoms. The van der Waals surface area contributed by atoms with Gasteiger partial charge in [-0.2, -0.15) is 0 Å². The highest BCUT2D eigenvalue weighted by molar-refractivity contribution is 5.58. The van der Waals surface area contributed by atoms with Crippen LogP contribution in [0, 0.1) is 5.92 Å². The van der Waals surface area contributed by atoms with E-state index < -0.39 is 6.10 Å². The van der Waals surface area contributed by atoms with Crippen molar-refractivity contribution in [2.45, 2.75) is 6.10 Å². The van der Waals surface area contributed by atoms with Crippen LogP contribution < -0.4 is 0 Å². The molecule has 1 aliphatic rings. The van der Waals surface area contributed by atoms with Crippen LogP contribution in [0.25, 0.3) is 6.08 Å². The van der Waals surface area contributed by atoms with Crippen molar-refractivity contribution in [1.82, 2.24) is 0 Å². The zero-order valence-corrected chi connectivity index (χ0v) is 7.35. The van der Waals surface area contributed by atoms with Crippen molar-refractivity contribution in [2.24, 2.45) is 5.92 Å². The van der Waals surface area contributed by atoms with Gasteiger partial charge in [0.25, 0.3) is 0 Å². The molecular weight excluding hydrogens is 160 g/mol. The zero-order valence-electron chi connectivity index (χ0n) is 7.35. The molecule has 0 saturated carbocycles. The molecule has 1 aromatic carbocycles. The fourth-order valence-electron chi connectivity index (χ4n) is 1.67. The lowest BCUT2D eigenvalue weighted by molar-refractivity contribution is 0.150. The number of hydrogen-bond donors (Lipinski definition) is 1. The van der Waals surface area contributed by atoms with Crippen LogP contribution in [0.4, 0.5) is 0 Å². The Kier molecular flexibility index (Phi) is 2.03. The first kappa shape index (κ1) is 8.27. The SMILES string of the molecule is C=CC1C=Cc2ccccc2C1O. The van der Waals surface area contributed by atoms with Crippen molar-refractivity contribution in [1.29, 1.82) is 0 Å². The summed E-state index contributed by atoms with van der Waals surface area (Å²) >= 11 is 0. The monoisotopic (exact) mass is 172 g/mol. The van der Waals surface area contributed by atoms with Crippen LogP contribution in [0.2, 0.25) is 0 Å². The van der Waals surface area contributed by atoms with Gasteiger partial charge in [-0.25, -0.2) is 0 Å². The predicted molar refractivity (Wildman–Crippen MR) is 54.1 cm³/mol. The quantitative estimate of drug-likeness (QED) is 0.645. The number of benzene rings is 1. The molecule has 0 saturated heterocycles. The van der Waals surface area contributed by atoms with Gasteiger partial charge in [-0.3, -0.25) is 0 Å². The lowest BCUT2D eigenvalue weighted by atomic mass is 9.87. The topological polar surface area (TPSA) is 20.2 Å². The van der Waals surface area contributed by atoms with Gasteiger partial charge >= 0.3 is 0 Å². The number of aliphatic hydroxyl groups excluding tert-OH is 1. The summed E-state index contributed by atoms with van der Waals surface area (Å²) in [6.07, 6.45) is 5.37. The van der Waals surface area contributed by atoms with Crippen molar-refractivity contribution < 1.29 is 5.11 Å². The first-order valence-corrected chi connectivity index (χ1v) is 4.40. The molecule has 2 atom stereocenters. The Labute approximate surface area is 78.0 Å². The highest BCUT2D eigenvalue weighted by atomic mass is 16.3. The smallest absolute Gasteiger partial charge is 0.0892 e. The number of hydrogen-bond acceptors (Lipinski definition) is 1. The van der Waals surface area contributed by atoms with Gasteiger partial charge in [-0.1, -0.05) is 42.5 Å². The standard InChI is InChI=1S/C12H12O/c1-2-9-7-8-10-5-3-4-6-11(10)12(9)13/h2-9,12-13H,1H2. The predicted octanol–water partition coefficient (Wildman–Crippen LogP) is 2.55. The minimum Gasteiger partial charge on any atom is -0.387 e. The van der Waals surface area contributed by atoms with Gasteiger partial charge in [-0.05, 0) is 11.1 Å². The van der Waals surface area contributed by atoms with Gasteiger partial charge in [0.05, 0.1) is 6.10 Å². The van der Waals surface area contributed by atoms with E-state index in [1.807, 2.05) is 36.4 Å². The fourth-order valence-corrected chi connectivity index (χ4v) is 1.67. The lowest BCUT2D eigenvalue weighted by Crippen LogP contribution is -2.12. The average Bonchev–Trinajstić information content (AvgIpc) is 2.19. The van der Waals surface area contributed by atoms with E-state index in [-0.39, 0.29) is 5.92 Å². The summed E-state index contributed by atoms with van der Waals surface area (Å²) in [6, 6.07) is 7.89. The third kappa shape index (κ3) is 1.31. The second-order valence-corrected chi connectivity index (χ2v) is 3.25. The van der Waals surface area contributed by atoms with Crippen LogP contribution in [-0.4, -0.2) is 5.11 Å². The average molecular weight is 172 g/mol. The molecule has 0 aromatic heterocycles. The molecule has 0 heterocycles. The molecule has 0 radical (unpaired) electrons. The number of aliphatic hydroxyl groups is 1. The van der Waals surface area contributed by atoms with E-state index >= 15 is 0 Å². The minimum absolute atomic E-state index is 0.0508. The molecule has 2 rings (SSSR count). The summed E-state index contributed by atoms with van der Waals surface area (Å²) in [6.45, 7) is 3.70. The maximum Gasteiger partial charge on any atom is 0.0892 e. The summed E-state index contributed by atoms with van der Waals surface area (Å²) in [5.74, 6) is 0.0508. The molecule has 1 aromatic rings. The van der Waals surface area contributed by atoms with E-state index in [9.17, 15) is 5.11 Å². The Morgan fingerprint density at radius 3 is 2.85 bits per heavy atom. The van der Waals surface area contributed by atoms with Crippen LogP contribution in [0.1, 0.15) is 17.2 Å². The molecule has 1 heteroatoms. The first-order chi connectivity index (χ1) is 6.33. The van der Waals surface area contributed by atoms with E-state index in [0.29, 0.717) is 0 Å². The molecule has 1 aliphatic carbocycles. The summed E-state index contributed by atoms with van der Waals surface area (Å²) in [4.78, 5) is 0. The Morgan fingerprint density at radius 1 is 1.31 bits per heavy atom. The normalized spacial score (nSPS) is 25.3. The third-order valence-electron chi connectivity index (χ3n) is 2.45. The van der Waals surface area contributed by atoms with Gasteiger partial charge < -0.3 is 5.11 Å². The third-order valence-corrected chi connectivity index (χ3v) is 2.45. The van der Waals surface area contributed by atoms with Crippen LogP contribution in [0.5, 0.6) is 0 Å². The largest absolute Gasteiger partial charge is 0.387 e. The van der Waals surface area contributed by atoms with Crippen molar-refractivity contribution >= 4 is 6.08 Å². The molecule has 2 unspecified atom stereocenters. The highest BCUT2D eigenvalue weighted by Gasteiger charge is 2.20. The minimum atomic E-state index is -0.432. The second kappa shape index (κ2) is 3.19. The van der Waals surface area contributed by atoms with Crippen LogP contribution in [-0.2, 0) is 0 Å².